The molecular weight excluding hydrogens is 454 g/mol. The summed E-state index contributed by atoms with van der Waals surface area (Å²) in [5.74, 6) is -21.5. The molecular formula is C22H6F10. The summed E-state index contributed by atoms with van der Waals surface area (Å²) in [4.78, 5) is 0. The van der Waals surface area contributed by atoms with Crippen LogP contribution in [0.4, 0.5) is 43.9 Å². The van der Waals surface area contributed by atoms with E-state index in [9.17, 15) is 43.9 Å². The first-order chi connectivity index (χ1) is 15.1. The minimum atomic E-state index is -2.47. The Balaban J connectivity index is 2.22. The molecule has 4 aromatic carbocycles. The molecule has 0 N–H and O–H groups in total. The van der Waals surface area contributed by atoms with Gasteiger partial charge in [-0.2, -0.15) is 0 Å². The molecule has 0 aliphatic rings. The molecule has 0 saturated heterocycles. The average Bonchev–Trinajstić information content (AvgIpc) is 2.78. The van der Waals surface area contributed by atoms with Gasteiger partial charge in [0.2, 0.25) is 0 Å². The van der Waals surface area contributed by atoms with E-state index in [0.717, 1.165) is 24.3 Å². The quantitative estimate of drug-likeness (QED) is 0.165. The van der Waals surface area contributed by atoms with Crippen LogP contribution >= 0.6 is 0 Å². The first kappa shape index (κ1) is 21.7. The molecule has 164 valence electrons. The summed E-state index contributed by atoms with van der Waals surface area (Å²) in [7, 11) is 0. The fourth-order valence-electron chi connectivity index (χ4n) is 3.42. The highest BCUT2D eigenvalue weighted by Crippen LogP contribution is 2.43. The first-order valence-electron chi connectivity index (χ1n) is 8.63. The maximum absolute atomic E-state index is 14.8. The zero-order valence-electron chi connectivity index (χ0n) is 15.2. The molecule has 0 saturated carbocycles. The van der Waals surface area contributed by atoms with Gasteiger partial charge in [0.05, 0.1) is 5.39 Å². The van der Waals surface area contributed by atoms with E-state index in [1.165, 1.54) is 6.07 Å². The van der Waals surface area contributed by atoms with E-state index in [4.69, 9.17) is 0 Å². The fourth-order valence-corrected chi connectivity index (χ4v) is 3.42. The zero-order chi connectivity index (χ0) is 23.5. The summed E-state index contributed by atoms with van der Waals surface area (Å²) in [6.07, 6.45) is 0. The van der Waals surface area contributed by atoms with Crippen LogP contribution in [0.25, 0.3) is 33.0 Å². The number of fused-ring (bicyclic) bond motifs is 1. The van der Waals surface area contributed by atoms with Gasteiger partial charge in [0, 0.05) is 16.5 Å². The molecule has 0 aromatic heterocycles. The van der Waals surface area contributed by atoms with Crippen LogP contribution in [-0.2, 0) is 0 Å². The van der Waals surface area contributed by atoms with E-state index < -0.39 is 91.2 Å². The molecule has 0 aliphatic carbocycles. The molecule has 0 radical (unpaired) electrons. The molecule has 0 amide bonds. The lowest BCUT2D eigenvalue weighted by atomic mass is 9.89. The summed E-state index contributed by atoms with van der Waals surface area (Å²) in [5, 5.41) is -3.23. The first-order valence-corrected chi connectivity index (χ1v) is 8.63. The second kappa shape index (κ2) is 7.54. The molecule has 0 fully saturated rings. The van der Waals surface area contributed by atoms with Crippen molar-refractivity contribution in [1.82, 2.24) is 0 Å². The number of halogens is 10. The largest absolute Gasteiger partial charge is 0.204 e. The Labute approximate surface area is 172 Å². The zero-order valence-corrected chi connectivity index (χ0v) is 15.2. The third kappa shape index (κ3) is 2.93. The van der Waals surface area contributed by atoms with Gasteiger partial charge in [0.1, 0.15) is 0 Å². The predicted molar refractivity (Wildman–Crippen MR) is 94.4 cm³/mol. The van der Waals surface area contributed by atoms with Crippen molar-refractivity contribution in [2.45, 2.75) is 0 Å². The molecule has 4 aromatic rings. The Bertz CT molecular complexity index is 1420. The molecule has 0 aliphatic heterocycles. The lowest BCUT2D eigenvalue weighted by Crippen LogP contribution is -2.06. The number of hydrogen-bond donors (Lipinski definition) is 0. The van der Waals surface area contributed by atoms with Crippen LogP contribution in [0.3, 0.4) is 0 Å². The average molecular weight is 460 g/mol. The lowest BCUT2D eigenvalue weighted by molar-refractivity contribution is 0.411. The summed E-state index contributed by atoms with van der Waals surface area (Å²) in [5.41, 5.74) is -3.14. The Kier molecular flexibility index (Phi) is 5.10. The maximum atomic E-state index is 14.8. The van der Waals surface area contributed by atoms with E-state index in [1.54, 1.807) is 0 Å². The van der Waals surface area contributed by atoms with Crippen molar-refractivity contribution in [3.63, 3.8) is 0 Å². The smallest absolute Gasteiger partial charge is 0.198 e. The molecule has 32 heavy (non-hydrogen) atoms. The van der Waals surface area contributed by atoms with Gasteiger partial charge in [-0.25, -0.2) is 43.9 Å². The van der Waals surface area contributed by atoms with Gasteiger partial charge in [0.25, 0.3) is 0 Å². The van der Waals surface area contributed by atoms with Gasteiger partial charge >= 0.3 is 0 Å². The summed E-state index contributed by atoms with van der Waals surface area (Å²) in [6, 6.07) is 5.49. The highest BCUT2D eigenvalue weighted by molar-refractivity contribution is 6.02. The molecule has 10 heteroatoms. The van der Waals surface area contributed by atoms with Gasteiger partial charge in [-0.05, 0) is 23.3 Å². The van der Waals surface area contributed by atoms with Crippen LogP contribution < -0.4 is 0 Å². The van der Waals surface area contributed by atoms with Crippen LogP contribution in [-0.4, -0.2) is 0 Å². The highest BCUT2D eigenvalue weighted by Gasteiger charge is 2.32. The van der Waals surface area contributed by atoms with Crippen LogP contribution in [0.5, 0.6) is 0 Å². The molecule has 0 bridgehead atoms. The van der Waals surface area contributed by atoms with Gasteiger partial charge in [-0.1, -0.05) is 24.3 Å². The SMILES string of the molecule is Fc1ccc(-c2ccccc2-c2c(F)c(F)c(F)c3c(F)c(F)c(F)c(F)c23)c(F)c1F. The van der Waals surface area contributed by atoms with Crippen molar-refractivity contribution in [3.8, 4) is 22.3 Å². The fraction of sp³-hybridized carbons (Fsp3) is 0. The van der Waals surface area contributed by atoms with E-state index in [-0.39, 0.29) is 0 Å². The predicted octanol–water partition coefficient (Wildman–Crippen LogP) is 7.56. The minimum Gasteiger partial charge on any atom is -0.204 e. The van der Waals surface area contributed by atoms with Crippen molar-refractivity contribution >= 4 is 10.8 Å². The Morgan fingerprint density at radius 2 is 0.844 bits per heavy atom. The van der Waals surface area contributed by atoms with Crippen molar-refractivity contribution < 1.29 is 43.9 Å². The Hall–Kier alpha value is -3.56. The number of benzene rings is 4. The van der Waals surface area contributed by atoms with Gasteiger partial charge in [-0.3, -0.25) is 0 Å². The second-order valence-electron chi connectivity index (χ2n) is 6.59. The Morgan fingerprint density at radius 1 is 0.344 bits per heavy atom. The molecule has 0 atom stereocenters. The number of hydrogen-bond acceptors (Lipinski definition) is 0. The van der Waals surface area contributed by atoms with E-state index in [1.807, 2.05) is 0 Å². The van der Waals surface area contributed by atoms with Crippen molar-refractivity contribution in [1.29, 1.82) is 0 Å². The van der Waals surface area contributed by atoms with Crippen LogP contribution in [0.15, 0.2) is 36.4 Å². The topological polar surface area (TPSA) is 0 Å². The van der Waals surface area contributed by atoms with E-state index >= 15 is 0 Å². The third-order valence-corrected chi connectivity index (χ3v) is 4.86. The summed E-state index contributed by atoms with van der Waals surface area (Å²) >= 11 is 0. The van der Waals surface area contributed by atoms with E-state index in [2.05, 4.69) is 0 Å². The highest BCUT2D eigenvalue weighted by atomic mass is 19.2. The van der Waals surface area contributed by atoms with Gasteiger partial charge < -0.3 is 0 Å². The minimum absolute atomic E-state index is 0.486. The van der Waals surface area contributed by atoms with Crippen LogP contribution in [0.1, 0.15) is 0 Å². The second-order valence-corrected chi connectivity index (χ2v) is 6.59. The summed E-state index contributed by atoms with van der Waals surface area (Å²) in [6.45, 7) is 0. The van der Waals surface area contributed by atoms with Gasteiger partial charge in [0.15, 0.2) is 58.2 Å². The van der Waals surface area contributed by atoms with Crippen molar-refractivity contribution in [2.24, 2.45) is 0 Å². The molecule has 4 rings (SSSR count). The van der Waals surface area contributed by atoms with Crippen molar-refractivity contribution in [3.05, 3.63) is 94.6 Å². The molecule has 0 spiro atoms. The molecule has 0 heterocycles. The third-order valence-electron chi connectivity index (χ3n) is 4.86. The summed E-state index contributed by atoms with van der Waals surface area (Å²) < 4.78 is 141. The van der Waals surface area contributed by atoms with Crippen molar-refractivity contribution in [2.75, 3.05) is 0 Å². The van der Waals surface area contributed by atoms with Crippen LogP contribution in [0.2, 0.25) is 0 Å². The maximum Gasteiger partial charge on any atom is 0.198 e. The van der Waals surface area contributed by atoms with E-state index in [0.29, 0.717) is 6.07 Å². The molecule has 0 unspecified atom stereocenters. The standard InChI is InChI=1S/C22H6F10/c23-10-6-5-9(14(24)15(10)25)7-3-1-2-4-8(7)11-12-13(18(28)20(30)16(11)26)19(29)22(32)21(31)17(12)27/h1-6H. The monoisotopic (exact) mass is 460 g/mol. The Morgan fingerprint density at radius 3 is 1.44 bits per heavy atom. The van der Waals surface area contributed by atoms with Gasteiger partial charge in [-0.15, -0.1) is 0 Å². The lowest BCUT2D eigenvalue weighted by Gasteiger charge is -2.17. The van der Waals surface area contributed by atoms with Crippen LogP contribution in [0, 0.1) is 58.2 Å². The number of rotatable bonds is 2. The molecule has 0 nitrogen and oxygen atoms in total. The normalized spacial score (nSPS) is 11.4.